The van der Waals surface area contributed by atoms with Crippen LogP contribution < -0.4 is 0 Å². The molecule has 3 nitrogen and oxygen atoms in total. The minimum absolute atomic E-state index is 0.115. The number of halogens is 2. The molecule has 5 heteroatoms. The van der Waals surface area contributed by atoms with Gasteiger partial charge in [0.1, 0.15) is 12.2 Å². The molecule has 4 atom stereocenters. The Morgan fingerprint density at radius 2 is 0.886 bits per heavy atom. The highest BCUT2D eigenvalue weighted by atomic mass is 127. The minimum atomic E-state index is -0.445. The van der Waals surface area contributed by atoms with Crippen molar-refractivity contribution in [2.24, 2.45) is 11.8 Å². The van der Waals surface area contributed by atoms with Gasteiger partial charge in [0.15, 0.2) is 0 Å². The van der Waals surface area contributed by atoms with Crippen LogP contribution in [0.4, 0.5) is 4.79 Å². The number of unbranched alkanes of at least 4 members (excludes halogenated alkanes) is 8. The molecule has 0 aliphatic rings. The molecule has 0 heterocycles. The summed E-state index contributed by atoms with van der Waals surface area (Å²) in [4.78, 5) is 13.7. The van der Waals surface area contributed by atoms with Crippen LogP contribution in [0.1, 0.15) is 142 Å². The first kappa shape index (κ1) is 39.3. The normalized spacial score (nSPS) is 14.1. The quantitative estimate of drug-likeness (QED) is 0.0601. The summed E-state index contributed by atoms with van der Waals surface area (Å²) in [7, 11) is 0. The SMILES string of the molecule is CCCCCCC(OC(=O)OC(CCCCCC)C(CCCC)Cc1ccc(I)cc1)C(CCCC)Cc1ccc(I)cc1. The van der Waals surface area contributed by atoms with Crippen LogP contribution in [-0.4, -0.2) is 18.4 Å². The summed E-state index contributed by atoms with van der Waals surface area (Å²) in [6.45, 7) is 9.00. The Labute approximate surface area is 297 Å². The van der Waals surface area contributed by atoms with Gasteiger partial charge in [-0.15, -0.1) is 0 Å². The van der Waals surface area contributed by atoms with Gasteiger partial charge in [0, 0.05) is 19.0 Å². The molecule has 2 aromatic carbocycles. The predicted octanol–water partition coefficient (Wildman–Crippen LogP) is 13.1. The fraction of sp³-hybridized carbons (Fsp3) is 0.667. The summed E-state index contributed by atoms with van der Waals surface area (Å²) in [5.41, 5.74) is 2.65. The first-order chi connectivity index (χ1) is 21.4. The summed E-state index contributed by atoms with van der Waals surface area (Å²) in [6, 6.07) is 17.7. The van der Waals surface area contributed by atoms with Crippen LogP contribution in [0, 0.1) is 19.0 Å². The van der Waals surface area contributed by atoms with E-state index in [2.05, 4.69) is 121 Å². The minimum Gasteiger partial charge on any atom is -0.431 e. The molecule has 0 bridgehead atoms. The highest BCUT2D eigenvalue weighted by Gasteiger charge is 2.30. The number of hydrogen-bond acceptors (Lipinski definition) is 3. The second kappa shape index (κ2) is 24.4. The van der Waals surface area contributed by atoms with Crippen LogP contribution in [0.25, 0.3) is 0 Å². The van der Waals surface area contributed by atoms with E-state index >= 15 is 0 Å². The van der Waals surface area contributed by atoms with E-state index in [0.29, 0.717) is 11.8 Å². The van der Waals surface area contributed by atoms with Gasteiger partial charge in [-0.25, -0.2) is 4.79 Å². The standard InChI is InChI=1S/C39H60I2O3/c1-5-9-13-15-19-37(33(17-11-7-3)29-31-21-25-35(40)26-22-31)43-39(42)44-38(20-16-14-10-6-2)34(18-12-8-4)30-32-23-27-36(41)28-24-32/h21-28,33-34,37-38H,5-20,29-30H2,1-4H3. The van der Waals surface area contributed by atoms with Crippen LogP contribution in [-0.2, 0) is 22.3 Å². The van der Waals surface area contributed by atoms with E-state index in [1.54, 1.807) is 0 Å². The average Bonchev–Trinajstić information content (AvgIpc) is 3.02. The maximum atomic E-state index is 13.7. The van der Waals surface area contributed by atoms with Gasteiger partial charge in [0.2, 0.25) is 0 Å². The van der Waals surface area contributed by atoms with Gasteiger partial charge in [0.05, 0.1) is 0 Å². The van der Waals surface area contributed by atoms with Crippen molar-refractivity contribution in [3.63, 3.8) is 0 Å². The largest absolute Gasteiger partial charge is 0.508 e. The fourth-order valence-corrected chi connectivity index (χ4v) is 6.94. The fourth-order valence-electron chi connectivity index (χ4n) is 6.22. The number of rotatable bonds is 24. The van der Waals surface area contributed by atoms with E-state index in [1.165, 1.54) is 56.8 Å². The van der Waals surface area contributed by atoms with Crippen molar-refractivity contribution in [1.82, 2.24) is 0 Å². The Hall–Kier alpha value is -0.830. The molecule has 0 N–H and O–H groups in total. The summed E-state index contributed by atoms with van der Waals surface area (Å²) < 4.78 is 15.3. The Morgan fingerprint density at radius 3 is 1.23 bits per heavy atom. The second-order valence-electron chi connectivity index (χ2n) is 12.7. The molecule has 0 radical (unpaired) electrons. The first-order valence-corrected chi connectivity index (χ1v) is 19.9. The predicted molar refractivity (Wildman–Crippen MR) is 204 cm³/mol. The van der Waals surface area contributed by atoms with E-state index in [9.17, 15) is 4.79 Å². The molecular formula is C39H60I2O3. The smallest absolute Gasteiger partial charge is 0.431 e. The molecule has 0 aliphatic heterocycles. The lowest BCUT2D eigenvalue weighted by atomic mass is 9.86. The molecular weight excluding hydrogens is 770 g/mol. The van der Waals surface area contributed by atoms with Crippen molar-refractivity contribution in [3.05, 3.63) is 66.8 Å². The summed E-state index contributed by atoms with van der Waals surface area (Å²) in [6.07, 6.45) is 19.2. The number of hydrogen-bond donors (Lipinski definition) is 0. The molecule has 2 aromatic rings. The van der Waals surface area contributed by atoms with E-state index in [4.69, 9.17) is 9.47 Å². The van der Waals surface area contributed by atoms with Crippen LogP contribution in [0.3, 0.4) is 0 Å². The maximum Gasteiger partial charge on any atom is 0.508 e. The zero-order chi connectivity index (χ0) is 32.0. The summed E-state index contributed by atoms with van der Waals surface area (Å²) in [5, 5.41) is 0. The van der Waals surface area contributed by atoms with Crippen LogP contribution in [0.2, 0.25) is 0 Å². The Morgan fingerprint density at radius 1 is 0.523 bits per heavy atom. The third kappa shape index (κ3) is 16.6. The Balaban J connectivity index is 2.25. The van der Waals surface area contributed by atoms with Gasteiger partial charge in [-0.05, 0) is 132 Å². The van der Waals surface area contributed by atoms with Crippen LogP contribution >= 0.6 is 45.2 Å². The maximum absolute atomic E-state index is 13.7. The summed E-state index contributed by atoms with van der Waals surface area (Å²) in [5.74, 6) is 0.602. The van der Waals surface area contributed by atoms with Gasteiger partial charge in [-0.3, -0.25) is 0 Å². The third-order valence-corrected chi connectivity index (χ3v) is 10.3. The Bertz CT molecular complexity index is 912. The van der Waals surface area contributed by atoms with Gasteiger partial charge in [-0.1, -0.05) is 116 Å². The molecule has 44 heavy (non-hydrogen) atoms. The van der Waals surface area contributed by atoms with Crippen LogP contribution in [0.5, 0.6) is 0 Å². The van der Waals surface area contributed by atoms with Gasteiger partial charge in [0.25, 0.3) is 0 Å². The molecule has 4 unspecified atom stereocenters. The molecule has 0 aromatic heterocycles. The highest BCUT2D eigenvalue weighted by Crippen LogP contribution is 2.29. The zero-order valence-corrected chi connectivity index (χ0v) is 32.5. The lowest BCUT2D eigenvalue weighted by molar-refractivity contribution is -0.0396. The third-order valence-electron chi connectivity index (χ3n) is 8.91. The van der Waals surface area contributed by atoms with E-state index in [0.717, 1.165) is 77.0 Å². The van der Waals surface area contributed by atoms with Crippen molar-refractivity contribution in [3.8, 4) is 0 Å². The van der Waals surface area contributed by atoms with E-state index in [1.807, 2.05) is 0 Å². The molecule has 248 valence electrons. The molecule has 0 spiro atoms. The number of benzene rings is 2. The van der Waals surface area contributed by atoms with Gasteiger partial charge >= 0.3 is 6.16 Å². The first-order valence-electron chi connectivity index (χ1n) is 17.8. The van der Waals surface area contributed by atoms with Gasteiger partial charge < -0.3 is 9.47 Å². The second-order valence-corrected chi connectivity index (χ2v) is 15.2. The molecule has 0 amide bonds. The van der Waals surface area contributed by atoms with E-state index in [-0.39, 0.29) is 12.2 Å². The van der Waals surface area contributed by atoms with Crippen molar-refractivity contribution in [2.75, 3.05) is 0 Å². The van der Waals surface area contributed by atoms with Crippen molar-refractivity contribution in [2.45, 2.75) is 155 Å². The topological polar surface area (TPSA) is 35.5 Å². The lowest BCUT2D eigenvalue weighted by Gasteiger charge is -2.31. The molecule has 0 saturated carbocycles. The number of carbonyl (C=O) groups excluding carboxylic acids is 1. The summed E-state index contributed by atoms with van der Waals surface area (Å²) >= 11 is 4.74. The highest BCUT2D eigenvalue weighted by molar-refractivity contribution is 14.1. The van der Waals surface area contributed by atoms with E-state index < -0.39 is 6.16 Å². The van der Waals surface area contributed by atoms with Crippen molar-refractivity contribution >= 4 is 51.3 Å². The molecule has 0 fully saturated rings. The van der Waals surface area contributed by atoms with Crippen LogP contribution in [0.15, 0.2) is 48.5 Å². The number of ether oxygens (including phenoxy) is 2. The van der Waals surface area contributed by atoms with Crippen molar-refractivity contribution in [1.29, 1.82) is 0 Å². The lowest BCUT2D eigenvalue weighted by Crippen LogP contribution is -2.34. The number of carbonyl (C=O) groups is 1. The van der Waals surface area contributed by atoms with Crippen molar-refractivity contribution < 1.29 is 14.3 Å². The van der Waals surface area contributed by atoms with Gasteiger partial charge in [-0.2, -0.15) is 0 Å². The monoisotopic (exact) mass is 830 g/mol. The zero-order valence-electron chi connectivity index (χ0n) is 28.1. The molecule has 2 rings (SSSR count). The molecule has 0 aliphatic carbocycles. The Kier molecular flexibility index (Phi) is 21.8. The average molecular weight is 831 g/mol. The molecule has 0 saturated heterocycles.